The van der Waals surface area contributed by atoms with Crippen molar-refractivity contribution < 1.29 is 42.8 Å². The first-order valence-electron chi connectivity index (χ1n) is 6.06. The molecule has 2 unspecified atom stereocenters. The van der Waals surface area contributed by atoms with Crippen molar-refractivity contribution in [2.75, 3.05) is 6.61 Å². The summed E-state index contributed by atoms with van der Waals surface area (Å²) in [6, 6.07) is 1.54. The van der Waals surface area contributed by atoms with Crippen molar-refractivity contribution in [3.63, 3.8) is 0 Å². The van der Waals surface area contributed by atoms with Crippen molar-refractivity contribution in [3.05, 3.63) is 34.9 Å². The van der Waals surface area contributed by atoms with Crippen LogP contribution in [0.25, 0.3) is 0 Å². The van der Waals surface area contributed by atoms with E-state index in [9.17, 15) is 33.0 Å². The molecule has 0 saturated carbocycles. The fraction of sp³-hybridized carbons (Fsp3) is 0.385. The molecule has 1 aromatic rings. The summed E-state index contributed by atoms with van der Waals surface area (Å²) in [6.07, 6.45) is -9.16. The zero-order chi connectivity index (χ0) is 17.1. The van der Waals surface area contributed by atoms with Crippen molar-refractivity contribution >= 4 is 11.9 Å². The number of aromatic carboxylic acids is 1. The molecule has 0 spiro atoms. The maximum Gasteiger partial charge on any atom is 0.416 e. The highest BCUT2D eigenvalue weighted by molar-refractivity contribution is 5.90. The molecular formula is C13H13F3O6. The average molecular weight is 322 g/mol. The zero-order valence-corrected chi connectivity index (χ0v) is 11.3. The number of benzene rings is 1. The van der Waals surface area contributed by atoms with Crippen LogP contribution in [-0.2, 0) is 15.7 Å². The first-order valence-corrected chi connectivity index (χ1v) is 6.06. The number of rotatable bonds is 5. The van der Waals surface area contributed by atoms with E-state index in [2.05, 4.69) is 4.74 Å². The van der Waals surface area contributed by atoms with Crippen LogP contribution in [0.2, 0.25) is 0 Å². The van der Waals surface area contributed by atoms with Crippen LogP contribution in [0, 0.1) is 0 Å². The normalized spacial score (nSPS) is 14.3. The van der Waals surface area contributed by atoms with Gasteiger partial charge in [-0.25, -0.2) is 9.59 Å². The molecule has 0 aliphatic carbocycles. The first-order chi connectivity index (χ1) is 10.1. The monoisotopic (exact) mass is 322 g/mol. The lowest BCUT2D eigenvalue weighted by Gasteiger charge is -2.19. The molecule has 6 nitrogen and oxygen atoms in total. The second-order valence-electron chi connectivity index (χ2n) is 4.25. The van der Waals surface area contributed by atoms with Gasteiger partial charge in [-0.3, -0.25) is 0 Å². The van der Waals surface area contributed by atoms with E-state index in [1.165, 1.54) is 6.92 Å². The molecule has 0 aliphatic rings. The second kappa shape index (κ2) is 6.75. The number of halogens is 3. The minimum absolute atomic E-state index is 0.128. The van der Waals surface area contributed by atoms with Crippen LogP contribution in [0.3, 0.4) is 0 Å². The molecular weight excluding hydrogens is 309 g/mol. The molecule has 2 atom stereocenters. The molecule has 122 valence electrons. The molecule has 0 radical (unpaired) electrons. The molecule has 0 bridgehead atoms. The molecule has 0 aliphatic heterocycles. The summed E-state index contributed by atoms with van der Waals surface area (Å²) in [5.74, 6) is -2.89. The van der Waals surface area contributed by atoms with Crippen LogP contribution in [0.4, 0.5) is 13.2 Å². The number of hydrogen-bond donors (Lipinski definition) is 3. The summed E-state index contributed by atoms with van der Waals surface area (Å²) in [7, 11) is 0. The van der Waals surface area contributed by atoms with Gasteiger partial charge in [-0.05, 0) is 30.7 Å². The Morgan fingerprint density at radius 1 is 1.27 bits per heavy atom. The summed E-state index contributed by atoms with van der Waals surface area (Å²) in [5.41, 5.74) is -2.62. The van der Waals surface area contributed by atoms with Gasteiger partial charge in [0, 0.05) is 0 Å². The topological polar surface area (TPSA) is 104 Å². The van der Waals surface area contributed by atoms with E-state index in [1.807, 2.05) is 0 Å². The maximum atomic E-state index is 12.7. The van der Waals surface area contributed by atoms with E-state index >= 15 is 0 Å². The minimum atomic E-state index is -4.78. The third kappa shape index (κ3) is 3.95. The zero-order valence-electron chi connectivity index (χ0n) is 11.3. The molecule has 0 heterocycles. The van der Waals surface area contributed by atoms with Crippen LogP contribution in [-0.4, -0.2) is 40.0 Å². The smallest absolute Gasteiger partial charge is 0.416 e. The fourth-order valence-corrected chi connectivity index (χ4v) is 1.71. The van der Waals surface area contributed by atoms with Gasteiger partial charge < -0.3 is 20.1 Å². The van der Waals surface area contributed by atoms with Gasteiger partial charge in [-0.1, -0.05) is 0 Å². The Hall–Kier alpha value is -2.13. The van der Waals surface area contributed by atoms with Crippen LogP contribution >= 0.6 is 0 Å². The summed E-state index contributed by atoms with van der Waals surface area (Å²) < 4.78 is 42.4. The number of carbonyl (C=O) groups excluding carboxylic acids is 1. The Kier molecular flexibility index (Phi) is 5.50. The molecule has 3 N–H and O–H groups in total. The van der Waals surface area contributed by atoms with Crippen molar-refractivity contribution in [1.82, 2.24) is 0 Å². The van der Waals surface area contributed by atoms with Crippen LogP contribution < -0.4 is 0 Å². The van der Waals surface area contributed by atoms with E-state index < -0.39 is 47.0 Å². The number of aliphatic hydroxyl groups excluding tert-OH is 2. The quantitative estimate of drug-likeness (QED) is 0.707. The molecule has 0 fully saturated rings. The van der Waals surface area contributed by atoms with Gasteiger partial charge in [-0.15, -0.1) is 0 Å². The van der Waals surface area contributed by atoms with Crippen molar-refractivity contribution in [1.29, 1.82) is 0 Å². The van der Waals surface area contributed by atoms with Gasteiger partial charge in [0.05, 0.1) is 17.7 Å². The summed E-state index contributed by atoms with van der Waals surface area (Å²) in [5, 5.41) is 28.3. The van der Waals surface area contributed by atoms with E-state index in [-0.39, 0.29) is 6.61 Å². The van der Waals surface area contributed by atoms with Crippen molar-refractivity contribution in [2.45, 2.75) is 25.3 Å². The van der Waals surface area contributed by atoms with Gasteiger partial charge in [0.1, 0.15) is 6.10 Å². The molecule has 0 aromatic heterocycles. The van der Waals surface area contributed by atoms with Crippen molar-refractivity contribution in [2.24, 2.45) is 0 Å². The van der Waals surface area contributed by atoms with Gasteiger partial charge in [0.25, 0.3) is 0 Å². The van der Waals surface area contributed by atoms with E-state index in [0.717, 1.165) is 0 Å². The summed E-state index contributed by atoms with van der Waals surface area (Å²) in [6.45, 7) is 1.29. The molecule has 1 aromatic carbocycles. The first kappa shape index (κ1) is 17.9. The van der Waals surface area contributed by atoms with Crippen molar-refractivity contribution in [3.8, 4) is 0 Å². The number of hydrogen-bond acceptors (Lipinski definition) is 5. The third-order valence-electron chi connectivity index (χ3n) is 2.76. The van der Waals surface area contributed by atoms with Gasteiger partial charge in [-0.2, -0.15) is 13.2 Å². The average Bonchev–Trinajstić information content (AvgIpc) is 2.44. The van der Waals surface area contributed by atoms with Crippen LogP contribution in [0.15, 0.2) is 18.2 Å². The lowest BCUT2D eigenvalue weighted by atomic mass is 9.96. The largest absolute Gasteiger partial charge is 0.478 e. The van der Waals surface area contributed by atoms with Gasteiger partial charge in [0.2, 0.25) is 0 Å². The highest BCUT2D eigenvalue weighted by atomic mass is 19.4. The Morgan fingerprint density at radius 2 is 1.86 bits per heavy atom. The molecule has 0 saturated heterocycles. The van der Waals surface area contributed by atoms with Gasteiger partial charge >= 0.3 is 18.1 Å². The minimum Gasteiger partial charge on any atom is -0.478 e. The molecule has 0 amide bonds. The lowest BCUT2D eigenvalue weighted by molar-refractivity contribution is -0.159. The predicted molar refractivity (Wildman–Crippen MR) is 66.0 cm³/mol. The Bertz CT molecular complexity index is 569. The summed E-state index contributed by atoms with van der Waals surface area (Å²) >= 11 is 0. The van der Waals surface area contributed by atoms with Crippen LogP contribution in [0.5, 0.6) is 0 Å². The molecule has 9 heteroatoms. The number of carboxylic acid groups (broad SMARTS) is 1. The lowest BCUT2D eigenvalue weighted by Crippen LogP contribution is -2.31. The van der Waals surface area contributed by atoms with Gasteiger partial charge in [0.15, 0.2) is 6.10 Å². The standard InChI is InChI=1S/C13H13F3O6/c1-2-22-12(21)10(18)9(17)8-5-6(13(14,15)16)3-4-7(8)11(19)20/h3-5,9-10,17-18H,2H2,1H3,(H,19,20). The third-order valence-corrected chi connectivity index (χ3v) is 2.76. The van der Waals surface area contributed by atoms with E-state index in [1.54, 1.807) is 0 Å². The predicted octanol–water partition coefficient (Wildman–Crippen LogP) is 1.36. The van der Waals surface area contributed by atoms with Crippen LogP contribution in [0.1, 0.15) is 34.5 Å². The maximum absolute atomic E-state index is 12.7. The number of carbonyl (C=O) groups is 2. The summed E-state index contributed by atoms with van der Waals surface area (Å²) in [4.78, 5) is 22.3. The van der Waals surface area contributed by atoms with E-state index in [0.29, 0.717) is 18.2 Å². The van der Waals surface area contributed by atoms with E-state index in [4.69, 9.17) is 5.11 Å². The number of ether oxygens (including phenoxy) is 1. The number of alkyl halides is 3. The number of carboxylic acids is 1. The Morgan fingerprint density at radius 3 is 2.32 bits per heavy atom. The second-order valence-corrected chi connectivity index (χ2v) is 4.25. The molecule has 1 rings (SSSR count). The number of esters is 1. The highest BCUT2D eigenvalue weighted by Gasteiger charge is 2.35. The fourth-order valence-electron chi connectivity index (χ4n) is 1.71. The SMILES string of the molecule is CCOC(=O)C(O)C(O)c1cc(C(F)(F)F)ccc1C(=O)O. The highest BCUT2D eigenvalue weighted by Crippen LogP contribution is 2.33. The Balaban J connectivity index is 3.29. The molecule has 22 heavy (non-hydrogen) atoms. The number of aliphatic hydroxyl groups is 2. The Labute approximate surface area is 122 Å².